The van der Waals surface area contributed by atoms with Crippen LogP contribution in [0, 0.1) is 19.8 Å². The van der Waals surface area contributed by atoms with Gasteiger partial charge in [0, 0.05) is 22.4 Å². The van der Waals surface area contributed by atoms with Crippen LogP contribution in [-0.2, 0) is 21.3 Å². The van der Waals surface area contributed by atoms with Gasteiger partial charge in [0.15, 0.2) is 0 Å². The monoisotopic (exact) mass is 388 g/mol. The van der Waals surface area contributed by atoms with Crippen LogP contribution in [-0.4, -0.2) is 26.9 Å². The van der Waals surface area contributed by atoms with Crippen LogP contribution < -0.4 is 5.32 Å². The van der Waals surface area contributed by atoms with Crippen LogP contribution in [0.5, 0.6) is 0 Å². The molecule has 0 saturated heterocycles. The fourth-order valence-electron chi connectivity index (χ4n) is 3.51. The maximum Gasteiger partial charge on any atom is 0.232 e. The second kappa shape index (κ2) is 8.83. The number of aryl methyl sites for hydroxylation is 2. The van der Waals surface area contributed by atoms with Crippen LogP contribution in [0.4, 0.5) is 0 Å². The normalized spacial score (nSPS) is 21.0. The zero-order valence-electron chi connectivity index (χ0n) is 16.3. The van der Waals surface area contributed by atoms with Crippen LogP contribution >= 0.6 is 0 Å². The number of nitrogens with one attached hydrogen (secondary N) is 1. The number of carbonyl (C=O) groups is 1. The number of benzene rings is 1. The minimum atomic E-state index is -1.31. The first-order valence-corrected chi connectivity index (χ1v) is 11.1. The van der Waals surface area contributed by atoms with E-state index in [1.807, 2.05) is 38.1 Å². The molecule has 5 nitrogen and oxygen atoms in total. The van der Waals surface area contributed by atoms with Gasteiger partial charge in [-0.15, -0.1) is 0 Å². The van der Waals surface area contributed by atoms with Crippen LogP contribution in [0.2, 0.25) is 0 Å². The van der Waals surface area contributed by atoms with E-state index in [9.17, 15) is 9.00 Å². The van der Waals surface area contributed by atoms with Gasteiger partial charge in [-0.05, 0) is 57.1 Å². The molecule has 0 spiro atoms. The van der Waals surface area contributed by atoms with E-state index >= 15 is 0 Å². The first kappa shape index (κ1) is 19.8. The molecule has 6 heteroatoms. The summed E-state index contributed by atoms with van der Waals surface area (Å²) in [7, 11) is -1.31. The molecule has 1 saturated carbocycles. The molecule has 2 aromatic rings. The van der Waals surface area contributed by atoms with Gasteiger partial charge in [-0.25, -0.2) is 4.98 Å². The quantitative estimate of drug-likeness (QED) is 0.814. The maximum absolute atomic E-state index is 12.5. The lowest BCUT2D eigenvalue weighted by atomic mass is 9.87. The molecule has 1 aromatic heterocycles. The molecule has 3 rings (SSSR count). The van der Waals surface area contributed by atoms with E-state index in [4.69, 9.17) is 4.42 Å². The van der Waals surface area contributed by atoms with Gasteiger partial charge in [0.05, 0.1) is 11.4 Å². The highest BCUT2D eigenvalue weighted by Gasteiger charge is 2.21. The smallest absolute Gasteiger partial charge is 0.232 e. The van der Waals surface area contributed by atoms with Crippen molar-refractivity contribution in [2.24, 2.45) is 5.92 Å². The Kier molecular flexibility index (Phi) is 6.47. The third-order valence-electron chi connectivity index (χ3n) is 5.24. The Morgan fingerprint density at radius 2 is 1.93 bits per heavy atom. The Labute approximate surface area is 163 Å². The molecule has 0 unspecified atom stereocenters. The van der Waals surface area contributed by atoms with Crippen LogP contribution in [0.25, 0.3) is 11.5 Å². The van der Waals surface area contributed by atoms with E-state index < -0.39 is 10.8 Å². The van der Waals surface area contributed by atoms with Gasteiger partial charge in [-0.1, -0.05) is 25.1 Å². The lowest BCUT2D eigenvalue weighted by Gasteiger charge is -2.26. The van der Waals surface area contributed by atoms with Gasteiger partial charge in [0.1, 0.15) is 11.5 Å². The van der Waals surface area contributed by atoms with Crippen molar-refractivity contribution in [1.29, 1.82) is 0 Å². The highest BCUT2D eigenvalue weighted by atomic mass is 32.2. The zero-order chi connectivity index (χ0) is 19.4. The summed E-state index contributed by atoms with van der Waals surface area (Å²) >= 11 is 0. The van der Waals surface area contributed by atoms with Gasteiger partial charge in [0.25, 0.3) is 0 Å². The van der Waals surface area contributed by atoms with Crippen LogP contribution in [0.1, 0.15) is 49.6 Å². The topological polar surface area (TPSA) is 72.2 Å². The van der Waals surface area contributed by atoms with E-state index in [1.54, 1.807) is 0 Å². The van der Waals surface area contributed by atoms with Crippen molar-refractivity contribution in [2.45, 2.75) is 58.2 Å². The van der Waals surface area contributed by atoms with E-state index in [0.717, 1.165) is 42.7 Å². The Hall–Kier alpha value is -1.95. The second-order valence-corrected chi connectivity index (χ2v) is 9.05. The van der Waals surface area contributed by atoms with Crippen molar-refractivity contribution in [3.63, 3.8) is 0 Å². The average molecular weight is 389 g/mol. The van der Waals surface area contributed by atoms with Crippen molar-refractivity contribution in [1.82, 2.24) is 10.3 Å². The van der Waals surface area contributed by atoms with E-state index in [1.165, 1.54) is 0 Å². The standard InChI is InChI=1S/C21H28N2O3S/c1-14-8-10-17(11-9-14)22-20(24)13-27(25)12-19-16(3)26-21(23-19)18-7-5-4-6-15(18)2/h4-7,14,17H,8-13H2,1-3H3,(H,22,24)/t14?,17?,27-/m1/s1. The molecule has 1 aliphatic carbocycles. The van der Waals surface area contributed by atoms with Crippen molar-refractivity contribution in [3.8, 4) is 11.5 Å². The third-order valence-corrected chi connectivity index (χ3v) is 6.42. The fourth-order valence-corrected chi connectivity index (χ4v) is 4.56. The lowest BCUT2D eigenvalue weighted by molar-refractivity contribution is -0.119. The largest absolute Gasteiger partial charge is 0.441 e. The molecule has 0 radical (unpaired) electrons. The predicted molar refractivity (Wildman–Crippen MR) is 108 cm³/mol. The van der Waals surface area contributed by atoms with E-state index in [-0.39, 0.29) is 23.5 Å². The van der Waals surface area contributed by atoms with Crippen molar-refractivity contribution in [2.75, 3.05) is 5.75 Å². The lowest BCUT2D eigenvalue weighted by Crippen LogP contribution is -2.39. The summed E-state index contributed by atoms with van der Waals surface area (Å²) in [4.78, 5) is 16.7. The van der Waals surface area contributed by atoms with E-state index in [2.05, 4.69) is 17.2 Å². The summed E-state index contributed by atoms with van der Waals surface area (Å²) in [5, 5.41) is 3.03. The number of hydrogen-bond acceptors (Lipinski definition) is 4. The Morgan fingerprint density at radius 3 is 2.63 bits per heavy atom. The summed E-state index contributed by atoms with van der Waals surface area (Å²) in [6.07, 6.45) is 4.32. The molecule has 1 fully saturated rings. The molecule has 1 aromatic carbocycles. The van der Waals surface area contributed by atoms with Crippen LogP contribution in [0.3, 0.4) is 0 Å². The number of hydrogen-bond donors (Lipinski definition) is 1. The first-order chi connectivity index (χ1) is 12.9. The van der Waals surface area contributed by atoms with Crippen LogP contribution in [0.15, 0.2) is 28.7 Å². The average Bonchev–Trinajstić information content (AvgIpc) is 2.97. The fraction of sp³-hybridized carbons (Fsp3) is 0.524. The summed E-state index contributed by atoms with van der Waals surface area (Å²) in [6.45, 7) is 6.08. The van der Waals surface area contributed by atoms with Crippen molar-refractivity contribution >= 4 is 16.7 Å². The predicted octanol–water partition coefficient (Wildman–Crippen LogP) is 3.90. The molecule has 27 heavy (non-hydrogen) atoms. The van der Waals surface area contributed by atoms with Crippen molar-refractivity contribution < 1.29 is 13.4 Å². The molecule has 1 N–H and O–H groups in total. The Morgan fingerprint density at radius 1 is 1.22 bits per heavy atom. The molecular formula is C21H28N2O3S. The number of aromatic nitrogens is 1. The SMILES string of the molecule is Cc1ccccc1-c1nc(C[S@@](=O)CC(=O)NC2CCC(C)CC2)c(C)o1. The molecular weight excluding hydrogens is 360 g/mol. The third kappa shape index (κ3) is 5.28. The molecule has 146 valence electrons. The number of amides is 1. The van der Waals surface area contributed by atoms with Gasteiger partial charge in [-0.2, -0.15) is 0 Å². The van der Waals surface area contributed by atoms with Crippen molar-refractivity contribution in [3.05, 3.63) is 41.3 Å². The second-order valence-electron chi connectivity index (χ2n) is 7.59. The molecule has 1 heterocycles. The molecule has 1 atom stereocenters. The molecule has 1 amide bonds. The highest BCUT2D eigenvalue weighted by molar-refractivity contribution is 7.84. The van der Waals surface area contributed by atoms with Gasteiger partial charge in [0.2, 0.25) is 11.8 Å². The summed E-state index contributed by atoms with van der Waals surface area (Å²) in [5.74, 6) is 2.05. The molecule has 0 bridgehead atoms. The minimum Gasteiger partial charge on any atom is -0.441 e. The van der Waals surface area contributed by atoms with E-state index in [0.29, 0.717) is 17.3 Å². The number of nitrogens with zero attached hydrogens (tertiary/aromatic N) is 1. The highest BCUT2D eigenvalue weighted by Crippen LogP contribution is 2.25. The zero-order valence-corrected chi connectivity index (χ0v) is 17.1. The summed E-state index contributed by atoms with van der Waals surface area (Å²) in [5.41, 5.74) is 2.67. The van der Waals surface area contributed by atoms with Gasteiger partial charge < -0.3 is 9.73 Å². The summed E-state index contributed by atoms with van der Waals surface area (Å²) < 4.78 is 18.2. The Bertz CT molecular complexity index is 823. The Balaban J connectivity index is 1.56. The number of carbonyl (C=O) groups excluding carboxylic acids is 1. The number of rotatable bonds is 6. The molecule has 0 aliphatic heterocycles. The van der Waals surface area contributed by atoms with Gasteiger partial charge in [-0.3, -0.25) is 9.00 Å². The number of oxazole rings is 1. The summed E-state index contributed by atoms with van der Waals surface area (Å²) in [6, 6.07) is 8.10. The molecule has 1 aliphatic rings. The maximum atomic E-state index is 12.5. The minimum absolute atomic E-state index is 0.0120. The first-order valence-electron chi connectivity index (χ1n) is 9.59. The van der Waals surface area contributed by atoms with Gasteiger partial charge >= 0.3 is 0 Å².